The Morgan fingerprint density at radius 1 is 0.430 bits per heavy atom. The summed E-state index contributed by atoms with van der Waals surface area (Å²) in [6.45, 7) is 28.5. The molecular formula is C81H73BN2OS. The molecule has 0 atom stereocenters. The predicted octanol–water partition coefficient (Wildman–Crippen LogP) is 21.8. The molecule has 12 aromatic rings. The quantitative estimate of drug-likeness (QED) is 0.160. The first kappa shape index (κ1) is 53.1. The van der Waals surface area contributed by atoms with Gasteiger partial charge in [-0.3, -0.25) is 0 Å². The van der Waals surface area contributed by atoms with Crippen LogP contribution in [0.3, 0.4) is 0 Å². The third-order valence-corrected chi connectivity index (χ3v) is 21.7. The molecule has 0 saturated heterocycles. The first-order valence-electron chi connectivity index (χ1n) is 31.1. The monoisotopic (exact) mass is 1130 g/mol. The Balaban J connectivity index is 1.09. The number of hydrogen-bond acceptors (Lipinski definition) is 4. The average molecular weight is 1130 g/mol. The van der Waals surface area contributed by atoms with Crippen molar-refractivity contribution in [2.75, 3.05) is 9.71 Å². The second-order valence-electron chi connectivity index (χ2n) is 29.1. The van der Waals surface area contributed by atoms with E-state index in [0.29, 0.717) is 0 Å². The highest BCUT2D eigenvalue weighted by atomic mass is 32.1. The third kappa shape index (κ3) is 7.78. The highest BCUT2D eigenvalue weighted by molar-refractivity contribution is 7.21. The number of fused-ring (bicyclic) bond motifs is 13. The number of hydrogen-bond donors (Lipinski definition) is 0. The van der Waals surface area contributed by atoms with Crippen LogP contribution in [0.5, 0.6) is 0 Å². The molecule has 0 saturated carbocycles. The molecule has 2 aliphatic heterocycles. The Kier molecular flexibility index (Phi) is 11.3. The lowest BCUT2D eigenvalue weighted by atomic mass is 9.43. The fourth-order valence-corrected chi connectivity index (χ4v) is 16.7. The number of nitrogens with zero attached hydrogens (tertiary/aromatic N) is 2. The first-order valence-corrected chi connectivity index (χ1v) is 32.0. The third-order valence-electron chi connectivity index (χ3n) is 20.4. The van der Waals surface area contributed by atoms with Crippen LogP contribution in [0, 0.1) is 0 Å². The van der Waals surface area contributed by atoms with Gasteiger partial charge >= 0.3 is 6.85 Å². The molecule has 2 aliphatic carbocycles. The fraction of sp³-hybridized carbons (Fsp3) is 0.235. The lowest BCUT2D eigenvalue weighted by molar-refractivity contribution is 0.331. The highest BCUT2D eigenvalue weighted by Crippen LogP contribution is 2.60. The topological polar surface area (TPSA) is 19.6 Å². The zero-order valence-corrected chi connectivity index (χ0v) is 52.6. The van der Waals surface area contributed by atoms with Gasteiger partial charge in [0.1, 0.15) is 11.2 Å². The van der Waals surface area contributed by atoms with Gasteiger partial charge in [0.05, 0.1) is 5.69 Å². The molecule has 0 unspecified atom stereocenters. The van der Waals surface area contributed by atoms with Crippen molar-refractivity contribution in [2.24, 2.45) is 0 Å². The van der Waals surface area contributed by atoms with Gasteiger partial charge in [0.25, 0.3) is 0 Å². The Hall–Kier alpha value is -8.38. The van der Waals surface area contributed by atoms with Crippen molar-refractivity contribution < 1.29 is 4.42 Å². The summed E-state index contributed by atoms with van der Waals surface area (Å²) in [4.78, 5) is 7.96. The summed E-state index contributed by atoms with van der Waals surface area (Å²) in [5.41, 5.74) is 28.2. The Morgan fingerprint density at radius 3 is 1.62 bits per heavy atom. The van der Waals surface area contributed by atoms with Gasteiger partial charge in [-0.05, 0) is 167 Å². The number of anilines is 5. The maximum absolute atomic E-state index is 7.47. The van der Waals surface area contributed by atoms with Crippen LogP contribution in [0.4, 0.5) is 28.4 Å². The average Bonchev–Trinajstić information content (AvgIpc) is 1.24. The van der Waals surface area contributed by atoms with Gasteiger partial charge in [0, 0.05) is 76.2 Å². The molecular weight excluding hydrogens is 1060 g/mol. The van der Waals surface area contributed by atoms with Crippen molar-refractivity contribution in [2.45, 2.75) is 123 Å². The van der Waals surface area contributed by atoms with E-state index in [2.05, 4.69) is 293 Å². The summed E-state index contributed by atoms with van der Waals surface area (Å²) in [5, 5.41) is 4.75. The van der Waals surface area contributed by atoms with Gasteiger partial charge in [0.15, 0.2) is 0 Å². The molecule has 4 heterocycles. The minimum absolute atomic E-state index is 0.0320. The molecule has 422 valence electrons. The highest BCUT2D eigenvalue weighted by Gasteiger charge is 2.50. The lowest BCUT2D eigenvalue weighted by Gasteiger charge is -2.46. The molecule has 16 rings (SSSR count). The van der Waals surface area contributed by atoms with Gasteiger partial charge < -0.3 is 14.1 Å². The molecule has 2 aromatic heterocycles. The molecule has 0 bridgehead atoms. The molecule has 0 radical (unpaired) electrons. The lowest BCUT2D eigenvalue weighted by Crippen LogP contribution is -2.61. The molecule has 86 heavy (non-hydrogen) atoms. The maximum Gasteiger partial charge on any atom is 0.333 e. The summed E-state index contributed by atoms with van der Waals surface area (Å²) in [7, 11) is 0. The second-order valence-corrected chi connectivity index (χ2v) is 30.1. The van der Waals surface area contributed by atoms with Crippen LogP contribution in [0.15, 0.2) is 205 Å². The fourth-order valence-electron chi connectivity index (χ4n) is 15.4. The van der Waals surface area contributed by atoms with Crippen LogP contribution in [-0.2, 0) is 27.1 Å². The van der Waals surface area contributed by atoms with Crippen molar-refractivity contribution in [3.63, 3.8) is 0 Å². The van der Waals surface area contributed by atoms with Gasteiger partial charge in [-0.2, -0.15) is 0 Å². The van der Waals surface area contributed by atoms with E-state index in [1.807, 2.05) is 11.3 Å². The van der Waals surface area contributed by atoms with E-state index in [-0.39, 0.29) is 33.9 Å². The molecule has 3 nitrogen and oxygen atoms in total. The minimum Gasteiger partial charge on any atom is -0.455 e. The van der Waals surface area contributed by atoms with E-state index in [1.165, 1.54) is 127 Å². The molecule has 5 heteroatoms. The normalized spacial score (nSPS) is 16.0. The first-order chi connectivity index (χ1) is 41.2. The predicted molar refractivity (Wildman–Crippen MR) is 369 cm³/mol. The Labute approximate surface area is 512 Å². The smallest absolute Gasteiger partial charge is 0.333 e. The van der Waals surface area contributed by atoms with Crippen LogP contribution in [-0.4, -0.2) is 6.85 Å². The Morgan fingerprint density at radius 2 is 0.977 bits per heavy atom. The van der Waals surface area contributed by atoms with E-state index in [0.717, 1.165) is 45.4 Å². The summed E-state index contributed by atoms with van der Waals surface area (Å²) in [6.07, 6.45) is 2.34. The zero-order valence-electron chi connectivity index (χ0n) is 51.8. The maximum atomic E-state index is 7.47. The summed E-state index contributed by atoms with van der Waals surface area (Å²) < 4.78 is 7.47. The van der Waals surface area contributed by atoms with E-state index in [1.54, 1.807) is 0 Å². The molecule has 0 spiro atoms. The van der Waals surface area contributed by atoms with Crippen LogP contribution in [0.25, 0.3) is 87.0 Å². The molecule has 10 aromatic carbocycles. The van der Waals surface area contributed by atoms with Crippen molar-refractivity contribution in [1.29, 1.82) is 0 Å². The van der Waals surface area contributed by atoms with E-state index in [9.17, 15) is 0 Å². The number of para-hydroxylation sites is 1. The standard InChI is InChI=1S/C81H73BN2OS/c1-77(2,3)51-32-35-53(36-33-51)84-68-47-63-56(57-42-64-65(46-62(57)81(63,11)12)80(9,10)39-38-79(64,7)8)41-61(68)72-73-70(44-58-54-30-22-23-31-71(54)85-74(58)72)83(67-37-34-52(78(4,5)6)40-55(67)48-24-16-13-17-25-48)69-45-60-59(43-66(69)82(73)84)75(49-26-18-14-19-27-49)86-76(60)50-28-20-15-21-29-50/h13-37,40-47H,38-39H2,1-12H3. The summed E-state index contributed by atoms with van der Waals surface area (Å²) >= 11 is 1.91. The van der Waals surface area contributed by atoms with E-state index in [4.69, 9.17) is 4.42 Å². The second kappa shape index (κ2) is 18.3. The van der Waals surface area contributed by atoms with Crippen LogP contribution >= 0.6 is 11.3 Å². The van der Waals surface area contributed by atoms with Crippen molar-refractivity contribution in [3.8, 4) is 54.3 Å². The number of furan rings is 1. The summed E-state index contributed by atoms with van der Waals surface area (Å²) in [6, 6.07) is 77.1. The van der Waals surface area contributed by atoms with E-state index < -0.39 is 0 Å². The largest absolute Gasteiger partial charge is 0.455 e. The number of rotatable bonds is 5. The van der Waals surface area contributed by atoms with Crippen molar-refractivity contribution in [1.82, 2.24) is 0 Å². The van der Waals surface area contributed by atoms with Crippen LogP contribution in [0.2, 0.25) is 0 Å². The van der Waals surface area contributed by atoms with Gasteiger partial charge in [-0.25, -0.2) is 0 Å². The molecule has 0 fully saturated rings. The van der Waals surface area contributed by atoms with Gasteiger partial charge in [-0.15, -0.1) is 11.3 Å². The summed E-state index contributed by atoms with van der Waals surface area (Å²) in [5.74, 6) is 0. The van der Waals surface area contributed by atoms with Crippen LogP contribution < -0.4 is 20.6 Å². The van der Waals surface area contributed by atoms with Gasteiger partial charge in [-0.1, -0.05) is 223 Å². The molecule has 0 amide bonds. The van der Waals surface area contributed by atoms with E-state index >= 15 is 0 Å². The van der Waals surface area contributed by atoms with Crippen molar-refractivity contribution >= 4 is 90.3 Å². The molecule has 0 N–H and O–H groups in total. The van der Waals surface area contributed by atoms with Crippen LogP contribution in [0.1, 0.15) is 129 Å². The van der Waals surface area contributed by atoms with Crippen molar-refractivity contribution in [3.05, 3.63) is 234 Å². The van der Waals surface area contributed by atoms with Gasteiger partial charge in [0.2, 0.25) is 0 Å². The Bertz CT molecular complexity index is 4800. The minimum atomic E-state index is -0.280. The number of thiophene rings is 1. The zero-order chi connectivity index (χ0) is 59.1. The SMILES string of the molecule is CC(C)(C)c1ccc(N2B3c4cc5c(-c6ccccc6)sc(-c6ccccc6)c5cc4N(c4ccc(C(C)(C)C)cc4-c4ccccc4)c4cc5c(oc6ccccc65)c(c43)-c3cc4c(cc32)C(C)(C)c2cc3c(cc2-4)C(C)(C)CCC3(C)C)cc1. The molecule has 4 aliphatic rings. The number of benzene rings is 10.